The molecule has 0 aliphatic heterocycles. The highest BCUT2D eigenvalue weighted by atomic mass is 16.5. The number of nitrogens with one attached hydrogen (secondary N) is 1. The number of para-hydroxylation sites is 2. The maximum absolute atomic E-state index is 12.4. The van der Waals surface area contributed by atoms with Gasteiger partial charge in [0, 0.05) is 13.6 Å². The molecule has 0 atom stereocenters. The molecule has 0 saturated heterocycles. The Labute approximate surface area is 160 Å². The molecule has 0 aliphatic rings. The SMILES string of the molecule is CN(Cc1ccccc1)C(=O)CNc1ccccc1OCc1ccccc1. The predicted molar refractivity (Wildman–Crippen MR) is 109 cm³/mol. The number of likely N-dealkylation sites (N-methyl/N-ethyl adjacent to an activating group) is 1. The number of amides is 1. The predicted octanol–water partition coefficient (Wildman–Crippen LogP) is 4.34. The van der Waals surface area contributed by atoms with Gasteiger partial charge in [-0.3, -0.25) is 4.79 Å². The van der Waals surface area contributed by atoms with E-state index in [1.807, 2.05) is 92.0 Å². The van der Waals surface area contributed by atoms with Crippen LogP contribution < -0.4 is 10.1 Å². The molecule has 27 heavy (non-hydrogen) atoms. The van der Waals surface area contributed by atoms with Crippen molar-refractivity contribution in [3.8, 4) is 5.75 Å². The highest BCUT2D eigenvalue weighted by Gasteiger charge is 2.10. The van der Waals surface area contributed by atoms with E-state index in [1.54, 1.807) is 4.90 Å². The molecule has 0 saturated carbocycles. The first-order valence-corrected chi connectivity index (χ1v) is 9.00. The number of nitrogens with zero attached hydrogens (tertiary/aromatic N) is 1. The summed E-state index contributed by atoms with van der Waals surface area (Å²) in [4.78, 5) is 14.2. The van der Waals surface area contributed by atoms with Gasteiger partial charge in [-0.05, 0) is 23.3 Å². The minimum absolute atomic E-state index is 0.0247. The van der Waals surface area contributed by atoms with Crippen LogP contribution in [0, 0.1) is 0 Å². The standard InChI is InChI=1S/C23H24N2O2/c1-25(17-19-10-4-2-5-11-19)23(26)16-24-21-14-8-9-15-22(21)27-18-20-12-6-3-7-13-20/h2-15,24H,16-18H2,1H3. The fourth-order valence-corrected chi connectivity index (χ4v) is 2.73. The molecule has 0 fully saturated rings. The van der Waals surface area contributed by atoms with Gasteiger partial charge in [0.25, 0.3) is 0 Å². The number of benzene rings is 3. The summed E-state index contributed by atoms with van der Waals surface area (Å²) in [6.07, 6.45) is 0. The lowest BCUT2D eigenvalue weighted by molar-refractivity contribution is -0.128. The average molecular weight is 360 g/mol. The van der Waals surface area contributed by atoms with E-state index >= 15 is 0 Å². The molecule has 0 aliphatic carbocycles. The Bertz CT molecular complexity index is 851. The van der Waals surface area contributed by atoms with Crippen molar-refractivity contribution < 1.29 is 9.53 Å². The number of rotatable bonds is 8. The van der Waals surface area contributed by atoms with Crippen molar-refractivity contribution in [2.24, 2.45) is 0 Å². The van der Waals surface area contributed by atoms with Gasteiger partial charge >= 0.3 is 0 Å². The van der Waals surface area contributed by atoms with Gasteiger partial charge in [-0.25, -0.2) is 0 Å². The van der Waals surface area contributed by atoms with E-state index in [9.17, 15) is 4.79 Å². The van der Waals surface area contributed by atoms with Gasteiger partial charge in [0.05, 0.1) is 12.2 Å². The fourth-order valence-electron chi connectivity index (χ4n) is 2.73. The first kappa shape index (κ1) is 18.5. The number of carbonyl (C=O) groups excluding carboxylic acids is 1. The molecular formula is C23H24N2O2. The summed E-state index contributed by atoms with van der Waals surface area (Å²) < 4.78 is 5.92. The van der Waals surface area contributed by atoms with Crippen LogP contribution in [0.1, 0.15) is 11.1 Å². The van der Waals surface area contributed by atoms with E-state index < -0.39 is 0 Å². The van der Waals surface area contributed by atoms with Crippen molar-refractivity contribution in [3.05, 3.63) is 96.1 Å². The zero-order chi connectivity index (χ0) is 18.9. The number of hydrogen-bond donors (Lipinski definition) is 1. The molecule has 138 valence electrons. The van der Waals surface area contributed by atoms with Crippen LogP contribution in [0.25, 0.3) is 0 Å². The Morgan fingerprint density at radius 3 is 2.15 bits per heavy atom. The molecule has 0 aromatic heterocycles. The van der Waals surface area contributed by atoms with E-state index in [0.717, 1.165) is 22.6 Å². The second kappa shape index (κ2) is 9.43. The van der Waals surface area contributed by atoms with E-state index in [4.69, 9.17) is 4.74 Å². The minimum Gasteiger partial charge on any atom is -0.487 e. The molecule has 0 heterocycles. The molecule has 0 unspecified atom stereocenters. The lowest BCUT2D eigenvalue weighted by atomic mass is 10.2. The Kier molecular flexibility index (Phi) is 6.47. The highest BCUT2D eigenvalue weighted by molar-refractivity contribution is 5.81. The van der Waals surface area contributed by atoms with Crippen LogP contribution in [0.3, 0.4) is 0 Å². The third kappa shape index (κ3) is 5.61. The summed E-state index contributed by atoms with van der Waals surface area (Å²) in [6.45, 7) is 1.30. The van der Waals surface area contributed by atoms with Crippen molar-refractivity contribution in [1.82, 2.24) is 4.90 Å². The fraction of sp³-hybridized carbons (Fsp3) is 0.174. The number of hydrogen-bond acceptors (Lipinski definition) is 3. The zero-order valence-corrected chi connectivity index (χ0v) is 15.5. The molecule has 0 bridgehead atoms. The summed E-state index contributed by atoms with van der Waals surface area (Å²) in [6, 6.07) is 27.7. The lowest BCUT2D eigenvalue weighted by Gasteiger charge is -2.19. The minimum atomic E-state index is 0.0247. The Balaban J connectivity index is 1.55. The average Bonchev–Trinajstić information content (AvgIpc) is 2.72. The quantitative estimate of drug-likeness (QED) is 0.650. The summed E-state index contributed by atoms with van der Waals surface area (Å²) in [5, 5.41) is 3.20. The van der Waals surface area contributed by atoms with Gasteiger partial charge < -0.3 is 15.0 Å². The van der Waals surface area contributed by atoms with Gasteiger partial charge in [-0.2, -0.15) is 0 Å². The normalized spacial score (nSPS) is 10.3. The van der Waals surface area contributed by atoms with Gasteiger partial charge in [-0.1, -0.05) is 72.8 Å². The molecule has 4 heteroatoms. The molecule has 1 N–H and O–H groups in total. The molecule has 3 rings (SSSR count). The zero-order valence-electron chi connectivity index (χ0n) is 15.5. The maximum Gasteiger partial charge on any atom is 0.241 e. The van der Waals surface area contributed by atoms with Crippen LogP contribution in [0.5, 0.6) is 5.75 Å². The Morgan fingerprint density at radius 2 is 1.44 bits per heavy atom. The smallest absolute Gasteiger partial charge is 0.241 e. The van der Waals surface area contributed by atoms with Gasteiger partial charge in [0.1, 0.15) is 12.4 Å². The van der Waals surface area contributed by atoms with E-state index in [-0.39, 0.29) is 12.5 Å². The maximum atomic E-state index is 12.4. The van der Waals surface area contributed by atoms with Crippen LogP contribution >= 0.6 is 0 Å². The first-order valence-electron chi connectivity index (χ1n) is 9.00. The number of ether oxygens (including phenoxy) is 1. The van der Waals surface area contributed by atoms with Gasteiger partial charge in [0.15, 0.2) is 0 Å². The van der Waals surface area contributed by atoms with E-state index in [1.165, 1.54) is 0 Å². The summed E-state index contributed by atoms with van der Waals surface area (Å²) in [5.74, 6) is 0.761. The second-order valence-corrected chi connectivity index (χ2v) is 6.36. The largest absolute Gasteiger partial charge is 0.487 e. The van der Waals surface area contributed by atoms with Gasteiger partial charge in [0.2, 0.25) is 5.91 Å². The van der Waals surface area contributed by atoms with Crippen LogP contribution in [-0.2, 0) is 17.9 Å². The first-order chi connectivity index (χ1) is 13.2. The van der Waals surface area contributed by atoms with Gasteiger partial charge in [-0.15, -0.1) is 0 Å². The Hall–Kier alpha value is -3.27. The van der Waals surface area contributed by atoms with Crippen molar-refractivity contribution in [3.63, 3.8) is 0 Å². The van der Waals surface area contributed by atoms with Crippen molar-refractivity contribution in [2.75, 3.05) is 18.9 Å². The third-order valence-corrected chi connectivity index (χ3v) is 4.24. The number of carbonyl (C=O) groups is 1. The topological polar surface area (TPSA) is 41.6 Å². The van der Waals surface area contributed by atoms with E-state index in [0.29, 0.717) is 13.2 Å². The molecule has 1 amide bonds. The van der Waals surface area contributed by atoms with Crippen molar-refractivity contribution >= 4 is 11.6 Å². The van der Waals surface area contributed by atoms with E-state index in [2.05, 4.69) is 5.32 Å². The molecule has 0 radical (unpaired) electrons. The Morgan fingerprint density at radius 1 is 0.852 bits per heavy atom. The summed E-state index contributed by atoms with van der Waals surface area (Å²) >= 11 is 0. The van der Waals surface area contributed by atoms with Crippen LogP contribution in [0.2, 0.25) is 0 Å². The molecule has 4 nitrogen and oxygen atoms in total. The summed E-state index contributed by atoms with van der Waals surface area (Å²) in [7, 11) is 1.81. The molecule has 3 aromatic carbocycles. The van der Waals surface area contributed by atoms with Crippen LogP contribution in [0.15, 0.2) is 84.9 Å². The van der Waals surface area contributed by atoms with Crippen molar-refractivity contribution in [1.29, 1.82) is 0 Å². The van der Waals surface area contributed by atoms with Crippen molar-refractivity contribution in [2.45, 2.75) is 13.2 Å². The molecule has 0 spiro atoms. The lowest BCUT2D eigenvalue weighted by Crippen LogP contribution is -2.31. The summed E-state index contributed by atoms with van der Waals surface area (Å²) in [5.41, 5.74) is 3.03. The highest BCUT2D eigenvalue weighted by Crippen LogP contribution is 2.24. The second-order valence-electron chi connectivity index (χ2n) is 6.36. The molecular weight excluding hydrogens is 336 g/mol. The number of anilines is 1. The van der Waals surface area contributed by atoms with Crippen LogP contribution in [0.4, 0.5) is 5.69 Å². The van der Waals surface area contributed by atoms with Crippen LogP contribution in [-0.4, -0.2) is 24.4 Å². The molecule has 3 aromatic rings. The third-order valence-electron chi connectivity index (χ3n) is 4.24. The monoisotopic (exact) mass is 360 g/mol.